The molecule has 0 aliphatic heterocycles. The average molecular weight is 228 g/mol. The van der Waals surface area contributed by atoms with Gasteiger partial charge in [-0.1, -0.05) is 18.2 Å². The van der Waals surface area contributed by atoms with Crippen molar-refractivity contribution in [1.82, 2.24) is 0 Å². The molecule has 0 saturated carbocycles. The van der Waals surface area contributed by atoms with Gasteiger partial charge < -0.3 is 10.2 Å². The van der Waals surface area contributed by atoms with Crippen molar-refractivity contribution in [2.75, 3.05) is 0 Å². The van der Waals surface area contributed by atoms with Crippen LogP contribution in [-0.2, 0) is 0 Å². The summed E-state index contributed by atoms with van der Waals surface area (Å²) in [5, 5.41) is 19.5. The molecule has 2 heteroatoms. The number of benzene rings is 2. The molecule has 2 nitrogen and oxygen atoms in total. The summed E-state index contributed by atoms with van der Waals surface area (Å²) < 4.78 is 0. The van der Waals surface area contributed by atoms with Crippen molar-refractivity contribution in [1.29, 1.82) is 0 Å². The van der Waals surface area contributed by atoms with Gasteiger partial charge in [-0.2, -0.15) is 0 Å². The zero-order valence-electron chi connectivity index (χ0n) is 10.3. The Morgan fingerprint density at radius 2 is 1.47 bits per heavy atom. The smallest absolute Gasteiger partial charge is 0.127 e. The molecule has 0 unspecified atom stereocenters. The van der Waals surface area contributed by atoms with E-state index >= 15 is 0 Å². The van der Waals surface area contributed by atoms with Gasteiger partial charge in [0.2, 0.25) is 0 Å². The van der Waals surface area contributed by atoms with Crippen LogP contribution in [0.15, 0.2) is 30.3 Å². The first-order valence-electron chi connectivity index (χ1n) is 5.60. The van der Waals surface area contributed by atoms with Crippen LogP contribution >= 0.6 is 0 Å². The Kier molecular flexibility index (Phi) is 2.80. The fourth-order valence-electron chi connectivity index (χ4n) is 1.94. The topological polar surface area (TPSA) is 40.5 Å². The summed E-state index contributed by atoms with van der Waals surface area (Å²) in [5.41, 5.74) is 4.87. The molecular weight excluding hydrogens is 212 g/mol. The van der Waals surface area contributed by atoms with Crippen LogP contribution in [0.2, 0.25) is 0 Å². The summed E-state index contributed by atoms with van der Waals surface area (Å²) in [6.45, 7) is 5.90. The standard InChI is InChI=1S/C15H16O2/c1-9-5-4-6-12(11(9)3)13-7-10(2)14(16)8-15(13)17/h4-8,16-17H,1-3H3. The van der Waals surface area contributed by atoms with E-state index in [-0.39, 0.29) is 11.5 Å². The Balaban J connectivity index is 2.69. The predicted molar refractivity (Wildman–Crippen MR) is 69.4 cm³/mol. The van der Waals surface area contributed by atoms with Crippen LogP contribution in [-0.4, -0.2) is 10.2 Å². The summed E-state index contributed by atoms with van der Waals surface area (Å²) in [6.07, 6.45) is 0. The quantitative estimate of drug-likeness (QED) is 0.781. The molecule has 0 bridgehead atoms. The molecule has 2 aromatic rings. The van der Waals surface area contributed by atoms with Crippen molar-refractivity contribution in [3.05, 3.63) is 47.0 Å². The van der Waals surface area contributed by atoms with Crippen LogP contribution in [0.3, 0.4) is 0 Å². The largest absolute Gasteiger partial charge is 0.508 e. The molecule has 0 aliphatic carbocycles. The van der Waals surface area contributed by atoms with Gasteiger partial charge in [-0.15, -0.1) is 0 Å². The SMILES string of the molecule is Cc1cc(-c2cccc(C)c2C)c(O)cc1O. The normalized spacial score (nSPS) is 10.5. The molecule has 0 heterocycles. The summed E-state index contributed by atoms with van der Waals surface area (Å²) in [7, 11) is 0. The van der Waals surface area contributed by atoms with Crippen molar-refractivity contribution in [2.24, 2.45) is 0 Å². The highest BCUT2D eigenvalue weighted by molar-refractivity contribution is 5.75. The molecule has 0 aromatic heterocycles. The van der Waals surface area contributed by atoms with E-state index in [1.807, 2.05) is 45.0 Å². The second kappa shape index (κ2) is 4.13. The van der Waals surface area contributed by atoms with Gasteiger partial charge in [-0.25, -0.2) is 0 Å². The van der Waals surface area contributed by atoms with Gasteiger partial charge >= 0.3 is 0 Å². The number of aryl methyl sites for hydroxylation is 2. The van der Waals surface area contributed by atoms with Crippen LogP contribution < -0.4 is 0 Å². The third-order valence-corrected chi connectivity index (χ3v) is 3.21. The van der Waals surface area contributed by atoms with Gasteiger partial charge in [-0.05, 0) is 49.1 Å². The number of hydrogen-bond acceptors (Lipinski definition) is 2. The van der Waals surface area contributed by atoms with Crippen LogP contribution in [0.4, 0.5) is 0 Å². The maximum atomic E-state index is 9.92. The van der Waals surface area contributed by atoms with Crippen LogP contribution in [0, 0.1) is 20.8 Å². The highest BCUT2D eigenvalue weighted by atomic mass is 16.3. The number of aromatic hydroxyl groups is 2. The molecule has 0 radical (unpaired) electrons. The Bertz CT molecular complexity index is 571. The van der Waals surface area contributed by atoms with Crippen LogP contribution in [0.1, 0.15) is 16.7 Å². The lowest BCUT2D eigenvalue weighted by Gasteiger charge is -2.12. The van der Waals surface area contributed by atoms with Gasteiger partial charge in [0.05, 0.1) is 0 Å². The van der Waals surface area contributed by atoms with E-state index < -0.39 is 0 Å². The van der Waals surface area contributed by atoms with E-state index in [1.165, 1.54) is 11.6 Å². The lowest BCUT2D eigenvalue weighted by Crippen LogP contribution is -1.88. The number of phenolic OH excluding ortho intramolecular Hbond substituents is 2. The first kappa shape index (κ1) is 11.5. The predicted octanol–water partition coefficient (Wildman–Crippen LogP) is 3.69. The molecule has 0 aliphatic rings. The maximum Gasteiger partial charge on any atom is 0.127 e. The molecule has 2 rings (SSSR count). The summed E-state index contributed by atoms with van der Waals surface area (Å²) >= 11 is 0. The summed E-state index contributed by atoms with van der Waals surface area (Å²) in [5.74, 6) is 0.235. The minimum atomic E-state index is 0.113. The summed E-state index contributed by atoms with van der Waals surface area (Å²) in [4.78, 5) is 0. The van der Waals surface area contributed by atoms with E-state index in [1.54, 1.807) is 0 Å². The Morgan fingerprint density at radius 3 is 2.18 bits per heavy atom. The van der Waals surface area contributed by atoms with Gasteiger partial charge in [0, 0.05) is 11.6 Å². The lowest BCUT2D eigenvalue weighted by molar-refractivity contribution is 0.449. The first-order valence-corrected chi connectivity index (χ1v) is 5.60. The fourth-order valence-corrected chi connectivity index (χ4v) is 1.94. The Morgan fingerprint density at radius 1 is 0.765 bits per heavy atom. The lowest BCUT2D eigenvalue weighted by atomic mass is 9.95. The van der Waals surface area contributed by atoms with Gasteiger partial charge in [0.15, 0.2) is 0 Å². The highest BCUT2D eigenvalue weighted by Crippen LogP contribution is 2.36. The third-order valence-electron chi connectivity index (χ3n) is 3.21. The van der Waals surface area contributed by atoms with E-state index in [0.717, 1.165) is 22.3 Å². The van der Waals surface area contributed by atoms with Crippen LogP contribution in [0.5, 0.6) is 11.5 Å². The van der Waals surface area contributed by atoms with Gasteiger partial charge in [0.25, 0.3) is 0 Å². The maximum absolute atomic E-state index is 9.92. The molecule has 17 heavy (non-hydrogen) atoms. The number of phenols is 2. The summed E-state index contributed by atoms with van der Waals surface area (Å²) in [6, 6.07) is 9.20. The molecule has 0 saturated heterocycles. The average Bonchev–Trinajstić information content (AvgIpc) is 2.28. The molecule has 2 aromatic carbocycles. The Hall–Kier alpha value is -1.96. The molecule has 0 atom stereocenters. The van der Waals surface area contributed by atoms with E-state index in [2.05, 4.69) is 0 Å². The fraction of sp³-hybridized carbons (Fsp3) is 0.200. The van der Waals surface area contributed by atoms with Crippen molar-refractivity contribution in [3.63, 3.8) is 0 Å². The van der Waals surface area contributed by atoms with Gasteiger partial charge in [0.1, 0.15) is 11.5 Å². The van der Waals surface area contributed by atoms with Crippen LogP contribution in [0.25, 0.3) is 11.1 Å². The van der Waals surface area contributed by atoms with Crippen molar-refractivity contribution in [3.8, 4) is 22.6 Å². The zero-order chi connectivity index (χ0) is 12.6. The van der Waals surface area contributed by atoms with Crippen molar-refractivity contribution < 1.29 is 10.2 Å². The molecular formula is C15H16O2. The van der Waals surface area contributed by atoms with Gasteiger partial charge in [-0.3, -0.25) is 0 Å². The monoisotopic (exact) mass is 228 g/mol. The minimum absolute atomic E-state index is 0.113. The molecule has 88 valence electrons. The first-order chi connectivity index (χ1) is 8.00. The molecule has 0 amide bonds. The highest BCUT2D eigenvalue weighted by Gasteiger charge is 2.10. The zero-order valence-corrected chi connectivity index (χ0v) is 10.3. The molecule has 2 N–H and O–H groups in total. The van der Waals surface area contributed by atoms with E-state index in [0.29, 0.717) is 0 Å². The van der Waals surface area contributed by atoms with Crippen molar-refractivity contribution in [2.45, 2.75) is 20.8 Å². The third kappa shape index (κ3) is 1.98. The van der Waals surface area contributed by atoms with E-state index in [4.69, 9.17) is 0 Å². The second-order valence-electron chi connectivity index (χ2n) is 4.40. The number of hydrogen-bond donors (Lipinski definition) is 2. The second-order valence-corrected chi connectivity index (χ2v) is 4.40. The Labute approximate surface area is 101 Å². The van der Waals surface area contributed by atoms with E-state index in [9.17, 15) is 10.2 Å². The molecule has 0 spiro atoms. The molecule has 0 fully saturated rings. The number of rotatable bonds is 1. The van der Waals surface area contributed by atoms with Crippen molar-refractivity contribution >= 4 is 0 Å². The minimum Gasteiger partial charge on any atom is -0.508 e.